The number of thiazole rings is 1. The van der Waals surface area contributed by atoms with Gasteiger partial charge in [-0.2, -0.15) is 4.98 Å². The zero-order valence-corrected chi connectivity index (χ0v) is 18.2. The number of nitrogens with zero attached hydrogens (tertiary/aromatic N) is 4. The van der Waals surface area contributed by atoms with Crippen LogP contribution in [0.4, 0.5) is 23.1 Å². The SMILES string of the molecule is CCN(CC)c1cc(C)nc(Nc2ccc(NC(=O)c3sc(C)nc3C)cc2)n1. The van der Waals surface area contributed by atoms with E-state index in [2.05, 4.69) is 44.3 Å². The summed E-state index contributed by atoms with van der Waals surface area (Å²) in [6, 6.07) is 9.47. The van der Waals surface area contributed by atoms with Crippen molar-refractivity contribution in [1.82, 2.24) is 15.0 Å². The minimum atomic E-state index is -0.139. The predicted molar refractivity (Wildman–Crippen MR) is 120 cm³/mol. The summed E-state index contributed by atoms with van der Waals surface area (Å²) in [4.78, 5) is 28.7. The standard InChI is InChI=1S/C21H26N6OS/c1-6-27(7-2)18-12-13(3)22-21(26-18)25-17-10-8-16(9-11-17)24-20(28)19-14(4)23-15(5)29-19/h8-12H,6-7H2,1-5H3,(H,24,28)(H,22,25,26). The Labute approximate surface area is 175 Å². The molecule has 0 unspecified atom stereocenters. The minimum Gasteiger partial charge on any atom is -0.357 e. The molecule has 0 spiro atoms. The average molecular weight is 411 g/mol. The van der Waals surface area contributed by atoms with Crippen LogP contribution >= 0.6 is 11.3 Å². The number of aryl methyl sites for hydroxylation is 3. The fourth-order valence-corrected chi connectivity index (χ4v) is 3.83. The molecule has 29 heavy (non-hydrogen) atoms. The number of benzene rings is 1. The maximum atomic E-state index is 12.4. The molecule has 0 radical (unpaired) electrons. The molecule has 0 saturated carbocycles. The lowest BCUT2D eigenvalue weighted by Gasteiger charge is -2.20. The largest absolute Gasteiger partial charge is 0.357 e. The summed E-state index contributed by atoms with van der Waals surface area (Å²) >= 11 is 1.40. The maximum Gasteiger partial charge on any atom is 0.267 e. The van der Waals surface area contributed by atoms with Gasteiger partial charge in [0.2, 0.25) is 5.95 Å². The van der Waals surface area contributed by atoms with Crippen LogP contribution in [0.15, 0.2) is 30.3 Å². The van der Waals surface area contributed by atoms with Gasteiger partial charge >= 0.3 is 0 Å². The van der Waals surface area contributed by atoms with Crippen molar-refractivity contribution in [3.05, 3.63) is 51.6 Å². The first-order chi connectivity index (χ1) is 13.9. The van der Waals surface area contributed by atoms with E-state index < -0.39 is 0 Å². The molecule has 8 heteroatoms. The Kier molecular flexibility index (Phi) is 6.43. The molecule has 0 fully saturated rings. The third-order valence-electron chi connectivity index (χ3n) is 4.44. The number of nitrogens with one attached hydrogen (secondary N) is 2. The third kappa shape index (κ3) is 5.08. The van der Waals surface area contributed by atoms with Crippen LogP contribution in [0.2, 0.25) is 0 Å². The van der Waals surface area contributed by atoms with Gasteiger partial charge in [0.1, 0.15) is 10.7 Å². The highest BCUT2D eigenvalue weighted by molar-refractivity contribution is 7.13. The maximum absolute atomic E-state index is 12.4. The van der Waals surface area contributed by atoms with Crippen molar-refractivity contribution in [2.24, 2.45) is 0 Å². The first-order valence-electron chi connectivity index (χ1n) is 9.62. The van der Waals surface area contributed by atoms with Gasteiger partial charge in [-0.1, -0.05) is 0 Å². The topological polar surface area (TPSA) is 83.0 Å². The van der Waals surface area contributed by atoms with Gasteiger partial charge in [-0.25, -0.2) is 9.97 Å². The van der Waals surface area contributed by atoms with Crippen LogP contribution in [-0.4, -0.2) is 33.9 Å². The number of hydrogen-bond acceptors (Lipinski definition) is 7. The van der Waals surface area contributed by atoms with E-state index in [9.17, 15) is 4.79 Å². The zero-order chi connectivity index (χ0) is 21.0. The number of aromatic nitrogens is 3. The molecule has 0 aliphatic rings. The number of anilines is 4. The highest BCUT2D eigenvalue weighted by Gasteiger charge is 2.14. The van der Waals surface area contributed by atoms with E-state index in [-0.39, 0.29) is 5.91 Å². The molecule has 0 bridgehead atoms. The Morgan fingerprint density at radius 2 is 1.66 bits per heavy atom. The average Bonchev–Trinajstić information content (AvgIpc) is 3.02. The van der Waals surface area contributed by atoms with E-state index in [1.165, 1.54) is 11.3 Å². The van der Waals surface area contributed by atoms with Crippen molar-refractivity contribution >= 4 is 40.4 Å². The molecule has 1 amide bonds. The van der Waals surface area contributed by atoms with Crippen molar-refractivity contribution < 1.29 is 4.79 Å². The zero-order valence-electron chi connectivity index (χ0n) is 17.4. The number of carbonyl (C=O) groups excluding carboxylic acids is 1. The van der Waals surface area contributed by atoms with Crippen LogP contribution in [0, 0.1) is 20.8 Å². The monoisotopic (exact) mass is 410 g/mol. The Morgan fingerprint density at radius 1 is 1.00 bits per heavy atom. The van der Waals surface area contributed by atoms with Gasteiger partial charge in [-0.3, -0.25) is 4.79 Å². The number of rotatable bonds is 7. The summed E-state index contributed by atoms with van der Waals surface area (Å²) in [5, 5.41) is 7.04. The van der Waals surface area contributed by atoms with Crippen LogP contribution < -0.4 is 15.5 Å². The number of carbonyl (C=O) groups is 1. The molecular weight excluding hydrogens is 384 g/mol. The van der Waals surface area contributed by atoms with Crippen LogP contribution in [0.3, 0.4) is 0 Å². The summed E-state index contributed by atoms with van der Waals surface area (Å²) in [6.45, 7) is 11.7. The molecule has 0 aliphatic heterocycles. The molecular formula is C21H26N6OS. The Hall–Kier alpha value is -3.00. The third-order valence-corrected chi connectivity index (χ3v) is 5.51. The van der Waals surface area contributed by atoms with E-state index in [1.54, 1.807) is 0 Å². The first-order valence-corrected chi connectivity index (χ1v) is 10.4. The fraction of sp³-hybridized carbons (Fsp3) is 0.333. The molecule has 152 valence electrons. The first kappa shape index (κ1) is 20.7. The predicted octanol–water partition coefficient (Wildman–Crippen LogP) is 4.70. The van der Waals surface area contributed by atoms with Crippen molar-refractivity contribution in [1.29, 1.82) is 0 Å². The summed E-state index contributed by atoms with van der Waals surface area (Å²) in [5.74, 6) is 1.32. The normalized spacial score (nSPS) is 10.7. The van der Waals surface area contributed by atoms with Gasteiger partial charge in [-0.15, -0.1) is 11.3 Å². The molecule has 0 saturated heterocycles. The van der Waals surface area contributed by atoms with E-state index in [0.717, 1.165) is 46.7 Å². The Morgan fingerprint density at radius 3 is 2.24 bits per heavy atom. The molecule has 2 heterocycles. The summed E-state index contributed by atoms with van der Waals surface area (Å²) in [6.07, 6.45) is 0. The van der Waals surface area contributed by atoms with Gasteiger partial charge in [0.25, 0.3) is 5.91 Å². The van der Waals surface area contributed by atoms with Gasteiger partial charge < -0.3 is 15.5 Å². The molecule has 3 rings (SSSR count). The summed E-state index contributed by atoms with van der Waals surface area (Å²) < 4.78 is 0. The quantitative estimate of drug-likeness (QED) is 0.587. The van der Waals surface area contributed by atoms with E-state index >= 15 is 0 Å². The van der Waals surface area contributed by atoms with E-state index in [1.807, 2.05) is 51.1 Å². The second kappa shape index (κ2) is 9.00. The smallest absolute Gasteiger partial charge is 0.267 e. The van der Waals surface area contributed by atoms with Gasteiger partial charge in [0.05, 0.1) is 10.7 Å². The minimum absolute atomic E-state index is 0.139. The lowest BCUT2D eigenvalue weighted by atomic mass is 10.2. The summed E-state index contributed by atoms with van der Waals surface area (Å²) in [7, 11) is 0. The lowest BCUT2D eigenvalue weighted by molar-refractivity contribution is 0.103. The molecule has 0 aliphatic carbocycles. The van der Waals surface area contributed by atoms with E-state index in [0.29, 0.717) is 10.8 Å². The molecule has 7 nitrogen and oxygen atoms in total. The second-order valence-corrected chi connectivity index (χ2v) is 7.87. The van der Waals surface area contributed by atoms with E-state index in [4.69, 9.17) is 0 Å². The second-order valence-electron chi connectivity index (χ2n) is 6.67. The number of amides is 1. The van der Waals surface area contributed by atoms with Crippen molar-refractivity contribution in [2.45, 2.75) is 34.6 Å². The fourth-order valence-electron chi connectivity index (χ4n) is 3.01. The van der Waals surface area contributed by atoms with Gasteiger partial charge in [0.15, 0.2) is 0 Å². The molecule has 1 aromatic carbocycles. The highest BCUT2D eigenvalue weighted by Crippen LogP contribution is 2.22. The molecule has 2 N–H and O–H groups in total. The van der Waals surface area contributed by atoms with Crippen LogP contribution in [0.1, 0.15) is 39.9 Å². The van der Waals surface area contributed by atoms with Crippen molar-refractivity contribution in [3.8, 4) is 0 Å². The van der Waals surface area contributed by atoms with Crippen molar-refractivity contribution in [2.75, 3.05) is 28.6 Å². The highest BCUT2D eigenvalue weighted by atomic mass is 32.1. The molecule has 2 aromatic heterocycles. The van der Waals surface area contributed by atoms with Crippen LogP contribution in [0.25, 0.3) is 0 Å². The Bertz CT molecular complexity index is 995. The lowest BCUT2D eigenvalue weighted by Crippen LogP contribution is -2.23. The van der Waals surface area contributed by atoms with Gasteiger partial charge in [-0.05, 0) is 58.9 Å². The van der Waals surface area contributed by atoms with Crippen LogP contribution in [-0.2, 0) is 0 Å². The molecule has 3 aromatic rings. The van der Waals surface area contributed by atoms with Gasteiger partial charge in [0, 0.05) is 36.2 Å². The summed E-state index contributed by atoms with van der Waals surface area (Å²) in [5.41, 5.74) is 3.23. The number of hydrogen-bond donors (Lipinski definition) is 2. The van der Waals surface area contributed by atoms with Crippen molar-refractivity contribution in [3.63, 3.8) is 0 Å². The Balaban J connectivity index is 1.71. The van der Waals surface area contributed by atoms with Crippen LogP contribution in [0.5, 0.6) is 0 Å². The molecule has 0 atom stereocenters.